The van der Waals surface area contributed by atoms with Crippen molar-refractivity contribution in [1.29, 1.82) is 0 Å². The van der Waals surface area contributed by atoms with Gasteiger partial charge >= 0.3 is 0 Å². The summed E-state index contributed by atoms with van der Waals surface area (Å²) in [4.78, 5) is 0. The minimum absolute atomic E-state index is 0.200. The molecule has 0 saturated heterocycles. The van der Waals surface area contributed by atoms with Gasteiger partial charge in [0.25, 0.3) is 0 Å². The zero-order valence-corrected chi connectivity index (χ0v) is 12.7. The summed E-state index contributed by atoms with van der Waals surface area (Å²) in [6.07, 6.45) is 0.689. The van der Waals surface area contributed by atoms with Crippen molar-refractivity contribution in [3.8, 4) is 0 Å². The zero-order valence-electron chi connectivity index (χ0n) is 9.54. The first-order valence-corrected chi connectivity index (χ1v) is 7.10. The van der Waals surface area contributed by atoms with E-state index in [0.29, 0.717) is 10.9 Å². The van der Waals surface area contributed by atoms with Crippen LogP contribution in [0.4, 0.5) is 4.39 Å². The van der Waals surface area contributed by atoms with Crippen LogP contribution in [0.1, 0.15) is 17.2 Å². The molecule has 4 heteroatoms. The third-order valence-corrected chi connectivity index (χ3v) is 3.91. The topological polar surface area (TPSA) is 26.0 Å². The predicted octanol–water partition coefficient (Wildman–Crippen LogP) is 4.59. The van der Waals surface area contributed by atoms with Crippen molar-refractivity contribution in [3.63, 3.8) is 0 Å². The first-order chi connectivity index (χ1) is 8.56. The summed E-state index contributed by atoms with van der Waals surface area (Å²) in [5, 5.41) is 0. The molecule has 1 atom stereocenters. The van der Waals surface area contributed by atoms with E-state index in [1.54, 1.807) is 6.07 Å². The van der Waals surface area contributed by atoms with Crippen LogP contribution in [0, 0.1) is 5.82 Å². The summed E-state index contributed by atoms with van der Waals surface area (Å²) in [6, 6.07) is 12.8. The second-order valence-corrected chi connectivity index (χ2v) is 5.88. The molecule has 0 spiro atoms. The van der Waals surface area contributed by atoms with Crippen molar-refractivity contribution in [2.24, 2.45) is 5.73 Å². The number of hydrogen-bond acceptors (Lipinski definition) is 1. The van der Waals surface area contributed by atoms with E-state index in [-0.39, 0.29) is 11.9 Å². The average molecular weight is 373 g/mol. The van der Waals surface area contributed by atoms with E-state index in [0.717, 1.165) is 15.6 Å². The molecule has 2 N–H and O–H groups in total. The summed E-state index contributed by atoms with van der Waals surface area (Å²) in [5.41, 5.74) is 8.03. The quantitative estimate of drug-likeness (QED) is 0.837. The Morgan fingerprint density at radius 1 is 1.06 bits per heavy atom. The van der Waals surface area contributed by atoms with Gasteiger partial charge in [0.2, 0.25) is 0 Å². The van der Waals surface area contributed by atoms with Crippen molar-refractivity contribution < 1.29 is 4.39 Å². The van der Waals surface area contributed by atoms with E-state index in [4.69, 9.17) is 5.73 Å². The zero-order chi connectivity index (χ0) is 13.1. The molecule has 0 bridgehead atoms. The maximum atomic E-state index is 13.4. The summed E-state index contributed by atoms with van der Waals surface area (Å²) in [7, 11) is 0. The fourth-order valence-electron chi connectivity index (χ4n) is 1.74. The highest BCUT2D eigenvalue weighted by molar-refractivity contribution is 9.10. The molecule has 0 saturated carbocycles. The van der Waals surface area contributed by atoms with Gasteiger partial charge in [0.1, 0.15) is 5.82 Å². The Kier molecular flexibility index (Phi) is 4.54. The van der Waals surface area contributed by atoms with Gasteiger partial charge in [-0.25, -0.2) is 4.39 Å². The Morgan fingerprint density at radius 2 is 1.72 bits per heavy atom. The van der Waals surface area contributed by atoms with Crippen LogP contribution in [0.2, 0.25) is 0 Å². The van der Waals surface area contributed by atoms with Crippen LogP contribution in [0.25, 0.3) is 0 Å². The molecule has 2 aromatic carbocycles. The van der Waals surface area contributed by atoms with Crippen molar-refractivity contribution in [2.75, 3.05) is 0 Å². The van der Waals surface area contributed by atoms with Crippen molar-refractivity contribution in [2.45, 2.75) is 12.5 Å². The normalized spacial score (nSPS) is 12.4. The number of rotatable bonds is 3. The van der Waals surface area contributed by atoms with Crippen molar-refractivity contribution >= 4 is 31.9 Å². The largest absolute Gasteiger partial charge is 0.324 e. The van der Waals surface area contributed by atoms with Crippen LogP contribution in [-0.2, 0) is 6.42 Å². The fourth-order valence-corrected chi connectivity index (χ4v) is 2.25. The van der Waals surface area contributed by atoms with Crippen LogP contribution in [0.5, 0.6) is 0 Å². The molecule has 2 rings (SSSR count). The van der Waals surface area contributed by atoms with Gasteiger partial charge in [-0.2, -0.15) is 0 Å². The number of nitrogens with two attached hydrogens (primary N) is 1. The van der Waals surface area contributed by atoms with Gasteiger partial charge in [-0.05, 0) is 57.7 Å². The smallest absolute Gasteiger partial charge is 0.137 e. The summed E-state index contributed by atoms with van der Waals surface area (Å²) in [6.45, 7) is 0. The van der Waals surface area contributed by atoms with Gasteiger partial charge in [-0.15, -0.1) is 0 Å². The van der Waals surface area contributed by atoms with Crippen molar-refractivity contribution in [3.05, 3.63) is 68.4 Å². The maximum Gasteiger partial charge on any atom is 0.137 e. The lowest BCUT2D eigenvalue weighted by Crippen LogP contribution is -2.13. The Balaban J connectivity index is 2.13. The third kappa shape index (κ3) is 3.40. The molecule has 1 nitrogen and oxygen atoms in total. The first kappa shape index (κ1) is 13.7. The minimum Gasteiger partial charge on any atom is -0.324 e. The van der Waals surface area contributed by atoms with Gasteiger partial charge in [0.15, 0.2) is 0 Å². The standard InChI is InChI=1S/C14H12Br2FN/c15-11-4-1-9(2-5-11)7-14(18)10-3-6-12(16)13(17)8-10/h1-6,8,14H,7,18H2. The number of halogens is 3. The van der Waals surface area contributed by atoms with Crippen LogP contribution in [0.15, 0.2) is 51.4 Å². The molecular weight excluding hydrogens is 361 g/mol. The minimum atomic E-state index is -0.279. The van der Waals surface area contributed by atoms with E-state index in [1.165, 1.54) is 6.07 Å². The van der Waals surface area contributed by atoms with Gasteiger partial charge in [0.05, 0.1) is 4.47 Å². The Morgan fingerprint density at radius 3 is 2.33 bits per heavy atom. The Bertz CT molecular complexity index is 540. The lowest BCUT2D eigenvalue weighted by atomic mass is 10.00. The van der Waals surface area contributed by atoms with Crippen LogP contribution < -0.4 is 5.73 Å². The van der Waals surface area contributed by atoms with Gasteiger partial charge in [-0.3, -0.25) is 0 Å². The highest BCUT2D eigenvalue weighted by Crippen LogP contribution is 2.22. The monoisotopic (exact) mass is 371 g/mol. The fraction of sp³-hybridized carbons (Fsp3) is 0.143. The highest BCUT2D eigenvalue weighted by atomic mass is 79.9. The second-order valence-electron chi connectivity index (χ2n) is 4.11. The highest BCUT2D eigenvalue weighted by Gasteiger charge is 2.09. The average Bonchev–Trinajstić information content (AvgIpc) is 2.35. The first-order valence-electron chi connectivity index (χ1n) is 5.51. The van der Waals surface area contributed by atoms with Gasteiger partial charge in [-0.1, -0.05) is 34.1 Å². The lowest BCUT2D eigenvalue weighted by molar-refractivity contribution is 0.612. The molecule has 1 unspecified atom stereocenters. The van der Waals surface area contributed by atoms with E-state index in [9.17, 15) is 4.39 Å². The molecule has 0 aliphatic rings. The molecule has 18 heavy (non-hydrogen) atoms. The summed E-state index contributed by atoms with van der Waals surface area (Å²) >= 11 is 6.52. The van der Waals surface area contributed by atoms with E-state index in [2.05, 4.69) is 31.9 Å². The molecule has 0 aliphatic carbocycles. The van der Waals surface area contributed by atoms with Crippen LogP contribution in [-0.4, -0.2) is 0 Å². The molecule has 0 amide bonds. The van der Waals surface area contributed by atoms with Gasteiger partial charge < -0.3 is 5.73 Å². The summed E-state index contributed by atoms with van der Waals surface area (Å²) < 4.78 is 14.9. The molecule has 0 aromatic heterocycles. The van der Waals surface area contributed by atoms with E-state index in [1.807, 2.05) is 30.3 Å². The predicted molar refractivity (Wildman–Crippen MR) is 78.9 cm³/mol. The molecular formula is C14H12Br2FN. The third-order valence-electron chi connectivity index (χ3n) is 2.74. The van der Waals surface area contributed by atoms with Crippen molar-refractivity contribution in [1.82, 2.24) is 0 Å². The van der Waals surface area contributed by atoms with E-state index < -0.39 is 0 Å². The Labute approximate surface area is 122 Å². The SMILES string of the molecule is NC(Cc1ccc(Br)cc1)c1ccc(Br)c(F)c1. The maximum absolute atomic E-state index is 13.4. The number of benzene rings is 2. The molecule has 94 valence electrons. The number of hydrogen-bond donors (Lipinski definition) is 1. The lowest BCUT2D eigenvalue weighted by Gasteiger charge is -2.12. The van der Waals surface area contributed by atoms with E-state index >= 15 is 0 Å². The Hall–Kier alpha value is -0.710. The molecule has 0 fully saturated rings. The molecule has 0 aliphatic heterocycles. The molecule has 2 aromatic rings. The molecule has 0 heterocycles. The molecule has 0 radical (unpaired) electrons. The van der Waals surface area contributed by atoms with Gasteiger partial charge in [0, 0.05) is 10.5 Å². The second kappa shape index (κ2) is 5.95. The van der Waals surface area contributed by atoms with Crippen LogP contribution >= 0.6 is 31.9 Å². The van der Waals surface area contributed by atoms with Crippen LogP contribution in [0.3, 0.4) is 0 Å². The summed E-state index contributed by atoms with van der Waals surface area (Å²) in [5.74, 6) is -0.279.